The molecule has 0 amide bonds. The number of Topliss-reactive ketones (excluding diaryl/α,β-unsaturated/α-hetero) is 1. The molecule has 3 heterocycles. The van der Waals surface area contributed by atoms with E-state index in [-0.39, 0.29) is 52.8 Å². The molecule has 2 aromatic carbocycles. The van der Waals surface area contributed by atoms with Gasteiger partial charge in [0.1, 0.15) is 27.3 Å². The van der Waals surface area contributed by atoms with Crippen LogP contribution in [0.3, 0.4) is 0 Å². The average molecular weight is 699 g/mol. The molecular formula is C36H38F4N4O4S. The second-order valence-electron chi connectivity index (χ2n) is 12.6. The molecule has 0 aliphatic carbocycles. The van der Waals surface area contributed by atoms with Crippen LogP contribution < -0.4 is 5.56 Å². The molecule has 1 saturated heterocycles. The lowest BCUT2D eigenvalue weighted by atomic mass is 9.79. The van der Waals surface area contributed by atoms with E-state index < -0.39 is 39.2 Å². The van der Waals surface area contributed by atoms with Crippen LogP contribution in [0.15, 0.2) is 70.6 Å². The van der Waals surface area contributed by atoms with Gasteiger partial charge in [-0.3, -0.25) is 19.1 Å². The summed E-state index contributed by atoms with van der Waals surface area (Å²) in [5.41, 5.74) is -0.0865. The van der Waals surface area contributed by atoms with Crippen molar-refractivity contribution >= 4 is 32.9 Å². The number of benzene rings is 2. The predicted octanol–water partition coefficient (Wildman–Crippen LogP) is 6.90. The Bertz CT molecular complexity index is 2000. The van der Waals surface area contributed by atoms with Gasteiger partial charge in [-0.05, 0) is 85.0 Å². The van der Waals surface area contributed by atoms with Gasteiger partial charge in [0.05, 0.1) is 28.1 Å². The minimum atomic E-state index is -4.91. The molecule has 0 bridgehead atoms. The van der Waals surface area contributed by atoms with Crippen LogP contribution in [0.25, 0.3) is 16.7 Å². The number of halogens is 4. The van der Waals surface area contributed by atoms with Crippen molar-refractivity contribution in [2.75, 3.05) is 18.6 Å². The lowest BCUT2D eigenvalue weighted by Gasteiger charge is -2.30. The largest absolute Gasteiger partial charge is 0.419 e. The first-order chi connectivity index (χ1) is 23.3. The maximum Gasteiger partial charge on any atom is 0.419 e. The van der Waals surface area contributed by atoms with E-state index in [0.29, 0.717) is 55.1 Å². The van der Waals surface area contributed by atoms with Crippen LogP contribution in [-0.4, -0.2) is 53.5 Å². The van der Waals surface area contributed by atoms with Gasteiger partial charge in [0, 0.05) is 38.2 Å². The molecule has 4 aromatic rings. The van der Waals surface area contributed by atoms with Gasteiger partial charge in [0.15, 0.2) is 5.65 Å². The van der Waals surface area contributed by atoms with E-state index in [9.17, 15) is 35.6 Å². The number of fused-ring (bicyclic) bond motifs is 1. The topological polar surface area (TPSA) is 111 Å². The number of carbonyl (C=O) groups excluding carboxylic acids is 1. The Morgan fingerprint density at radius 3 is 2.47 bits per heavy atom. The normalized spacial score (nSPS) is 16.6. The summed E-state index contributed by atoms with van der Waals surface area (Å²) in [6.45, 7) is 1.92. The molecule has 1 aliphatic rings. The molecule has 0 saturated carbocycles. The number of sulfone groups is 1. The van der Waals surface area contributed by atoms with Crippen LogP contribution >= 0.6 is 0 Å². The molecule has 1 unspecified atom stereocenters. The minimum Gasteiger partial charge on any atom is -0.299 e. The summed E-state index contributed by atoms with van der Waals surface area (Å²) in [6.07, 6.45) is 0.541. The highest BCUT2D eigenvalue weighted by Crippen LogP contribution is 2.37. The maximum absolute atomic E-state index is 14.1. The molecule has 0 spiro atoms. The molecule has 0 N–H and O–H groups in total. The Labute approximate surface area is 282 Å². The summed E-state index contributed by atoms with van der Waals surface area (Å²) in [5, 5.41) is 0.313. The standard InChI is InChI=1S/C36H38F4N4O4S/c1-3-29(34-43-33-30(5-4-16-42-33)35(46)44(34)27-11-7-24(8-12-27)22-41-2)26(10-6-23-14-17-49(47,48)18-15-23)21-28(45)19-25-9-13-32(37)31(20-25)36(38,39)40/h4-5,7-9,11-13,16,20,22-23,26,29H,3,6,10,14-15,17-19,21H2,1-2H3/t26?,29-/m0/s1. The van der Waals surface area contributed by atoms with Crippen LogP contribution in [0.4, 0.5) is 17.6 Å². The molecular weight excluding hydrogens is 660 g/mol. The quantitative estimate of drug-likeness (QED) is 0.118. The Kier molecular flexibility index (Phi) is 11.1. The summed E-state index contributed by atoms with van der Waals surface area (Å²) in [7, 11) is -1.43. The lowest BCUT2D eigenvalue weighted by molar-refractivity contribution is -0.140. The van der Waals surface area contributed by atoms with Crippen molar-refractivity contribution in [2.24, 2.45) is 16.8 Å². The monoisotopic (exact) mass is 698 g/mol. The molecule has 0 radical (unpaired) electrons. The van der Waals surface area contributed by atoms with Crippen LogP contribution in [0, 0.1) is 17.7 Å². The van der Waals surface area contributed by atoms with E-state index in [1.807, 2.05) is 19.1 Å². The summed E-state index contributed by atoms with van der Waals surface area (Å²) >= 11 is 0. The molecule has 2 atom stereocenters. The van der Waals surface area contributed by atoms with Gasteiger partial charge in [-0.15, -0.1) is 0 Å². The van der Waals surface area contributed by atoms with Crippen molar-refractivity contribution in [3.63, 3.8) is 0 Å². The summed E-state index contributed by atoms with van der Waals surface area (Å²) in [5.74, 6) is -1.89. The number of alkyl halides is 3. The van der Waals surface area contributed by atoms with E-state index >= 15 is 0 Å². The number of ketones is 1. The van der Waals surface area contributed by atoms with Gasteiger partial charge in [-0.25, -0.2) is 22.8 Å². The first-order valence-electron chi connectivity index (χ1n) is 16.3. The number of carbonyl (C=O) groups is 1. The van der Waals surface area contributed by atoms with Crippen LogP contribution in [0.5, 0.6) is 0 Å². The van der Waals surface area contributed by atoms with E-state index in [0.717, 1.165) is 11.6 Å². The first kappa shape index (κ1) is 36.0. The smallest absolute Gasteiger partial charge is 0.299 e. The maximum atomic E-state index is 14.1. The number of nitrogens with zero attached hydrogens (tertiary/aromatic N) is 4. The fourth-order valence-electron chi connectivity index (χ4n) is 6.73. The predicted molar refractivity (Wildman–Crippen MR) is 181 cm³/mol. The molecule has 5 rings (SSSR count). The van der Waals surface area contributed by atoms with Crippen molar-refractivity contribution in [3.05, 3.63) is 99.5 Å². The SMILES string of the molecule is CC[C@H](c1nc2ncccc2c(=O)n1-c1ccc(C=NC)cc1)C(CCC1CCS(=O)(=O)CC1)CC(=O)Cc1ccc(F)c(C(F)(F)F)c1. The molecule has 1 fully saturated rings. The van der Waals surface area contributed by atoms with Gasteiger partial charge in [-0.2, -0.15) is 13.2 Å². The molecule has 13 heteroatoms. The van der Waals surface area contributed by atoms with E-state index in [4.69, 9.17) is 4.98 Å². The molecule has 1 aliphatic heterocycles. The molecule has 260 valence electrons. The molecule has 2 aromatic heterocycles. The van der Waals surface area contributed by atoms with E-state index in [1.165, 1.54) is 10.6 Å². The summed E-state index contributed by atoms with van der Waals surface area (Å²) in [4.78, 5) is 41.0. The second-order valence-corrected chi connectivity index (χ2v) is 14.9. The van der Waals surface area contributed by atoms with E-state index in [1.54, 1.807) is 43.7 Å². The Morgan fingerprint density at radius 1 is 1.10 bits per heavy atom. The van der Waals surface area contributed by atoms with E-state index in [2.05, 4.69) is 9.98 Å². The van der Waals surface area contributed by atoms with Crippen molar-refractivity contribution < 1.29 is 30.8 Å². The molecule has 8 nitrogen and oxygen atoms in total. The average Bonchev–Trinajstić information content (AvgIpc) is 3.05. The van der Waals surface area contributed by atoms with Crippen LogP contribution in [-0.2, 0) is 27.2 Å². The lowest BCUT2D eigenvalue weighted by Crippen LogP contribution is -2.30. The van der Waals surface area contributed by atoms with Crippen molar-refractivity contribution in [1.29, 1.82) is 0 Å². The third kappa shape index (κ3) is 8.67. The Hall–Kier alpha value is -4.26. The van der Waals surface area contributed by atoms with Crippen molar-refractivity contribution in [2.45, 2.75) is 64.0 Å². The summed E-state index contributed by atoms with van der Waals surface area (Å²) < 4.78 is 79.9. The van der Waals surface area contributed by atoms with Crippen molar-refractivity contribution in [3.8, 4) is 5.69 Å². The number of aliphatic imine (C=N–C) groups is 1. The number of hydrogen-bond acceptors (Lipinski definition) is 7. The van der Waals surface area contributed by atoms with Crippen molar-refractivity contribution in [1.82, 2.24) is 14.5 Å². The third-order valence-electron chi connectivity index (χ3n) is 9.29. The first-order valence-corrected chi connectivity index (χ1v) is 18.1. The zero-order valence-electron chi connectivity index (χ0n) is 27.3. The highest BCUT2D eigenvalue weighted by Gasteiger charge is 2.35. The van der Waals surface area contributed by atoms with Crippen LogP contribution in [0.2, 0.25) is 0 Å². The number of hydrogen-bond donors (Lipinski definition) is 0. The number of rotatable bonds is 12. The molecule has 49 heavy (non-hydrogen) atoms. The zero-order valence-corrected chi connectivity index (χ0v) is 28.1. The Morgan fingerprint density at radius 2 is 1.82 bits per heavy atom. The van der Waals surface area contributed by atoms with Gasteiger partial charge >= 0.3 is 6.18 Å². The van der Waals surface area contributed by atoms with Crippen LogP contribution in [0.1, 0.15) is 73.9 Å². The number of aromatic nitrogens is 3. The van der Waals surface area contributed by atoms with Gasteiger partial charge in [0.2, 0.25) is 0 Å². The highest BCUT2D eigenvalue weighted by atomic mass is 32.2. The van der Waals surface area contributed by atoms with Gasteiger partial charge < -0.3 is 0 Å². The highest BCUT2D eigenvalue weighted by molar-refractivity contribution is 7.91. The number of pyridine rings is 1. The zero-order chi connectivity index (χ0) is 35.3. The Balaban J connectivity index is 1.54. The van der Waals surface area contributed by atoms with Gasteiger partial charge in [0.25, 0.3) is 5.56 Å². The third-order valence-corrected chi connectivity index (χ3v) is 11.0. The fourth-order valence-corrected chi connectivity index (χ4v) is 8.32. The second kappa shape index (κ2) is 15.1. The summed E-state index contributed by atoms with van der Waals surface area (Å²) in [6, 6.07) is 13.1. The minimum absolute atomic E-state index is 0.0374. The fraction of sp³-hybridized carbons (Fsp3) is 0.417. The van der Waals surface area contributed by atoms with Gasteiger partial charge in [-0.1, -0.05) is 31.5 Å².